The van der Waals surface area contributed by atoms with E-state index in [9.17, 15) is 10.1 Å². The van der Waals surface area contributed by atoms with Crippen LogP contribution in [0.4, 0.5) is 11.6 Å². The van der Waals surface area contributed by atoms with E-state index in [0.717, 1.165) is 12.8 Å². The predicted octanol–water partition coefficient (Wildman–Crippen LogP) is 2.13. The van der Waals surface area contributed by atoms with Gasteiger partial charge in [0, 0.05) is 6.04 Å². The number of rotatable bonds is 3. The summed E-state index contributed by atoms with van der Waals surface area (Å²) >= 11 is 0. The minimum absolute atomic E-state index is 0.0748. The van der Waals surface area contributed by atoms with Crippen LogP contribution in [0.25, 0.3) is 0 Å². The Kier molecular flexibility index (Phi) is 3.28. The molecule has 1 aromatic rings. The molecule has 2 rings (SSSR count). The maximum Gasteiger partial charge on any atom is 0.305 e. The van der Waals surface area contributed by atoms with Crippen molar-refractivity contribution in [2.75, 3.05) is 5.32 Å². The zero-order valence-electron chi connectivity index (χ0n) is 8.93. The fourth-order valence-corrected chi connectivity index (χ4v) is 1.92. The number of hydrogen-bond donors (Lipinski definition) is 1. The monoisotopic (exact) mass is 222 g/mol. The topological polar surface area (TPSA) is 81.0 Å². The molecular formula is C10H14N4O2. The van der Waals surface area contributed by atoms with Gasteiger partial charge in [0.1, 0.15) is 12.4 Å². The summed E-state index contributed by atoms with van der Waals surface area (Å²) in [6.45, 7) is 0. The van der Waals surface area contributed by atoms with Crippen molar-refractivity contribution in [1.82, 2.24) is 9.97 Å². The quantitative estimate of drug-likeness (QED) is 0.625. The lowest BCUT2D eigenvalue weighted by Crippen LogP contribution is -2.23. The largest absolute Gasteiger partial charge is 0.351 e. The number of aromatic nitrogens is 2. The van der Waals surface area contributed by atoms with E-state index in [4.69, 9.17) is 0 Å². The molecular weight excluding hydrogens is 208 g/mol. The Hall–Kier alpha value is -1.72. The Balaban J connectivity index is 1.96. The van der Waals surface area contributed by atoms with Crippen molar-refractivity contribution in [3.05, 3.63) is 22.5 Å². The summed E-state index contributed by atoms with van der Waals surface area (Å²) in [7, 11) is 0. The van der Waals surface area contributed by atoms with Crippen LogP contribution in [0.15, 0.2) is 12.4 Å². The first-order valence-electron chi connectivity index (χ1n) is 5.48. The van der Waals surface area contributed by atoms with Crippen molar-refractivity contribution >= 4 is 11.6 Å². The maximum atomic E-state index is 10.4. The molecule has 1 aromatic heterocycles. The summed E-state index contributed by atoms with van der Waals surface area (Å²) in [5.74, 6) is 0.484. The molecule has 1 heterocycles. The second-order valence-corrected chi connectivity index (χ2v) is 4.00. The summed E-state index contributed by atoms with van der Waals surface area (Å²) in [4.78, 5) is 17.8. The van der Waals surface area contributed by atoms with E-state index in [-0.39, 0.29) is 5.69 Å². The Morgan fingerprint density at radius 3 is 2.44 bits per heavy atom. The third-order valence-electron chi connectivity index (χ3n) is 2.79. The van der Waals surface area contributed by atoms with E-state index in [2.05, 4.69) is 15.3 Å². The van der Waals surface area contributed by atoms with E-state index < -0.39 is 4.92 Å². The molecule has 1 saturated carbocycles. The molecule has 0 saturated heterocycles. The highest BCUT2D eigenvalue weighted by atomic mass is 16.6. The zero-order valence-corrected chi connectivity index (χ0v) is 8.93. The first kappa shape index (κ1) is 10.8. The van der Waals surface area contributed by atoms with Crippen LogP contribution in [0, 0.1) is 10.1 Å². The van der Waals surface area contributed by atoms with Gasteiger partial charge < -0.3 is 5.32 Å². The van der Waals surface area contributed by atoms with Crippen molar-refractivity contribution in [3.63, 3.8) is 0 Å². The van der Waals surface area contributed by atoms with Crippen LogP contribution in [0.1, 0.15) is 32.1 Å². The van der Waals surface area contributed by atoms with E-state index in [1.54, 1.807) is 0 Å². The van der Waals surface area contributed by atoms with Gasteiger partial charge in [0.25, 0.3) is 0 Å². The normalized spacial score (nSPS) is 17.0. The van der Waals surface area contributed by atoms with Crippen LogP contribution >= 0.6 is 0 Å². The summed E-state index contributed by atoms with van der Waals surface area (Å²) in [6.07, 6.45) is 8.46. The van der Waals surface area contributed by atoms with Crippen molar-refractivity contribution in [1.29, 1.82) is 0 Å². The lowest BCUT2D eigenvalue weighted by Gasteiger charge is -2.22. The third kappa shape index (κ3) is 2.65. The van der Waals surface area contributed by atoms with Crippen LogP contribution in [0.2, 0.25) is 0 Å². The molecule has 0 atom stereocenters. The second-order valence-electron chi connectivity index (χ2n) is 4.00. The smallest absolute Gasteiger partial charge is 0.305 e. The van der Waals surface area contributed by atoms with Crippen LogP contribution < -0.4 is 5.32 Å². The molecule has 0 amide bonds. The molecule has 0 bridgehead atoms. The summed E-state index contributed by atoms with van der Waals surface area (Å²) in [5, 5.41) is 13.6. The average Bonchev–Trinajstić information content (AvgIpc) is 2.31. The van der Waals surface area contributed by atoms with Gasteiger partial charge in [-0.1, -0.05) is 19.3 Å². The highest BCUT2D eigenvalue weighted by molar-refractivity contribution is 5.31. The third-order valence-corrected chi connectivity index (χ3v) is 2.79. The van der Waals surface area contributed by atoms with Crippen molar-refractivity contribution in [2.45, 2.75) is 38.1 Å². The van der Waals surface area contributed by atoms with Gasteiger partial charge in [0.2, 0.25) is 5.95 Å². The zero-order chi connectivity index (χ0) is 11.4. The number of nitro groups is 1. The number of nitrogens with one attached hydrogen (secondary N) is 1. The molecule has 6 nitrogen and oxygen atoms in total. The number of hydrogen-bond acceptors (Lipinski definition) is 5. The van der Waals surface area contributed by atoms with E-state index in [1.807, 2.05) is 0 Å². The molecule has 16 heavy (non-hydrogen) atoms. The Bertz CT molecular complexity index is 360. The molecule has 0 aliphatic heterocycles. The van der Waals surface area contributed by atoms with Crippen LogP contribution in [0.3, 0.4) is 0 Å². The minimum Gasteiger partial charge on any atom is -0.351 e. The Morgan fingerprint density at radius 2 is 1.88 bits per heavy atom. The fraction of sp³-hybridized carbons (Fsp3) is 0.600. The van der Waals surface area contributed by atoms with Gasteiger partial charge in [0.05, 0.1) is 4.92 Å². The molecule has 1 aliphatic rings. The van der Waals surface area contributed by atoms with Crippen molar-refractivity contribution < 1.29 is 4.92 Å². The fourth-order valence-electron chi connectivity index (χ4n) is 1.92. The van der Waals surface area contributed by atoms with E-state index in [0.29, 0.717) is 12.0 Å². The van der Waals surface area contributed by atoms with Gasteiger partial charge >= 0.3 is 5.69 Å². The van der Waals surface area contributed by atoms with E-state index >= 15 is 0 Å². The number of nitrogens with zero attached hydrogens (tertiary/aromatic N) is 3. The Labute approximate surface area is 93.3 Å². The minimum atomic E-state index is -0.496. The van der Waals surface area contributed by atoms with E-state index in [1.165, 1.54) is 31.7 Å². The average molecular weight is 222 g/mol. The maximum absolute atomic E-state index is 10.4. The lowest BCUT2D eigenvalue weighted by atomic mass is 9.96. The van der Waals surface area contributed by atoms with Gasteiger partial charge in [0.15, 0.2) is 0 Å². The van der Waals surface area contributed by atoms with Gasteiger partial charge in [-0.2, -0.15) is 0 Å². The lowest BCUT2D eigenvalue weighted by molar-refractivity contribution is -0.385. The molecule has 0 unspecified atom stereocenters. The van der Waals surface area contributed by atoms with Crippen molar-refractivity contribution in [2.24, 2.45) is 0 Å². The van der Waals surface area contributed by atoms with Crippen LogP contribution in [0.5, 0.6) is 0 Å². The first-order chi connectivity index (χ1) is 7.75. The molecule has 0 spiro atoms. The number of anilines is 1. The molecule has 86 valence electrons. The summed E-state index contributed by atoms with van der Waals surface area (Å²) < 4.78 is 0. The van der Waals surface area contributed by atoms with Crippen LogP contribution in [-0.4, -0.2) is 20.9 Å². The predicted molar refractivity (Wildman–Crippen MR) is 59.2 cm³/mol. The summed E-state index contributed by atoms with van der Waals surface area (Å²) in [5.41, 5.74) is -0.0748. The molecule has 0 aromatic carbocycles. The SMILES string of the molecule is O=[N+]([O-])c1cnc(NC2CCCCC2)nc1. The van der Waals surface area contributed by atoms with Gasteiger partial charge in [-0.25, -0.2) is 9.97 Å². The summed E-state index contributed by atoms with van der Waals surface area (Å²) in [6, 6.07) is 0.412. The molecule has 6 heteroatoms. The molecule has 1 aliphatic carbocycles. The van der Waals surface area contributed by atoms with Gasteiger partial charge in [-0.3, -0.25) is 10.1 Å². The first-order valence-corrected chi connectivity index (χ1v) is 5.48. The molecule has 1 fully saturated rings. The van der Waals surface area contributed by atoms with Gasteiger partial charge in [-0.05, 0) is 12.8 Å². The highest BCUT2D eigenvalue weighted by Crippen LogP contribution is 2.20. The Morgan fingerprint density at radius 1 is 1.25 bits per heavy atom. The highest BCUT2D eigenvalue weighted by Gasteiger charge is 2.14. The second kappa shape index (κ2) is 4.87. The molecule has 1 N–H and O–H groups in total. The molecule has 0 radical (unpaired) electrons. The van der Waals surface area contributed by atoms with Crippen LogP contribution in [-0.2, 0) is 0 Å². The van der Waals surface area contributed by atoms with Crippen molar-refractivity contribution in [3.8, 4) is 0 Å². The van der Waals surface area contributed by atoms with Gasteiger partial charge in [-0.15, -0.1) is 0 Å². The standard InChI is InChI=1S/C10H14N4O2/c15-14(16)9-6-11-10(12-7-9)13-8-4-2-1-3-5-8/h6-8H,1-5H2,(H,11,12,13).